The fraction of sp³-hybridized carbons (Fsp3) is 0.333. The minimum Gasteiger partial charge on any atom is -0.391 e. The van der Waals surface area contributed by atoms with Crippen LogP contribution >= 0.6 is 0 Å². The van der Waals surface area contributed by atoms with Crippen molar-refractivity contribution in [2.45, 2.75) is 13.8 Å². The summed E-state index contributed by atoms with van der Waals surface area (Å²) in [5.41, 5.74) is 10.1. The molecule has 0 fully saturated rings. The maximum absolute atomic E-state index is 10.1. The first-order valence-electron chi connectivity index (χ1n) is 3.87. The fourth-order valence-electron chi connectivity index (χ4n) is 0.220. The summed E-state index contributed by atoms with van der Waals surface area (Å²) in [5, 5.41) is 8.10. The van der Waals surface area contributed by atoms with E-state index in [1.165, 1.54) is 0 Å². The third-order valence-corrected chi connectivity index (χ3v) is 1.36. The van der Waals surface area contributed by atoms with E-state index in [0.717, 1.165) is 0 Å². The SMILES string of the molecule is C/C=C(\C)C(N)=O.C=C(CO)C(N)=O. The number of nitrogens with two attached hydrogens (primary N) is 2. The van der Waals surface area contributed by atoms with Gasteiger partial charge in [0.2, 0.25) is 11.8 Å². The summed E-state index contributed by atoms with van der Waals surface area (Å²) in [4.78, 5) is 20.0. The molecule has 2 amide bonds. The fourth-order valence-corrected chi connectivity index (χ4v) is 0.220. The van der Waals surface area contributed by atoms with Gasteiger partial charge in [-0.05, 0) is 13.8 Å². The Morgan fingerprint density at radius 1 is 1.36 bits per heavy atom. The molecule has 0 aromatic rings. The summed E-state index contributed by atoms with van der Waals surface area (Å²) in [5.74, 6) is -0.995. The molecule has 0 heterocycles. The highest BCUT2D eigenvalue weighted by Crippen LogP contribution is 1.85. The van der Waals surface area contributed by atoms with E-state index in [1.54, 1.807) is 19.9 Å². The molecule has 0 rings (SSSR count). The molecule has 0 aliphatic rings. The zero-order valence-corrected chi connectivity index (χ0v) is 8.41. The van der Waals surface area contributed by atoms with Crippen LogP contribution in [0.2, 0.25) is 0 Å². The summed E-state index contributed by atoms with van der Waals surface area (Å²) in [6.07, 6.45) is 1.68. The molecule has 0 aromatic heterocycles. The van der Waals surface area contributed by atoms with Crippen molar-refractivity contribution in [3.8, 4) is 0 Å². The van der Waals surface area contributed by atoms with Crippen molar-refractivity contribution in [1.82, 2.24) is 0 Å². The molecular formula is C9H16N2O3. The number of rotatable bonds is 3. The Hall–Kier alpha value is -1.62. The Morgan fingerprint density at radius 2 is 1.79 bits per heavy atom. The molecule has 0 aliphatic heterocycles. The van der Waals surface area contributed by atoms with Crippen LogP contribution in [0.5, 0.6) is 0 Å². The van der Waals surface area contributed by atoms with E-state index in [-0.39, 0.29) is 18.1 Å². The third kappa shape index (κ3) is 8.48. The van der Waals surface area contributed by atoms with Crippen molar-refractivity contribution in [1.29, 1.82) is 0 Å². The lowest BCUT2D eigenvalue weighted by atomic mass is 10.3. The molecular weight excluding hydrogens is 184 g/mol. The molecule has 5 N–H and O–H groups in total. The first-order valence-corrected chi connectivity index (χ1v) is 3.87. The highest BCUT2D eigenvalue weighted by atomic mass is 16.3. The summed E-state index contributed by atoms with van der Waals surface area (Å²) < 4.78 is 0. The molecule has 0 bridgehead atoms. The van der Waals surface area contributed by atoms with Gasteiger partial charge in [-0.15, -0.1) is 0 Å². The van der Waals surface area contributed by atoms with Crippen molar-refractivity contribution in [3.05, 3.63) is 23.8 Å². The second-order valence-electron chi connectivity index (χ2n) is 2.46. The van der Waals surface area contributed by atoms with Crippen LogP contribution in [0.4, 0.5) is 0 Å². The lowest BCUT2D eigenvalue weighted by Crippen LogP contribution is -2.14. The summed E-state index contributed by atoms with van der Waals surface area (Å²) in [6.45, 7) is 6.26. The molecule has 80 valence electrons. The molecule has 5 nitrogen and oxygen atoms in total. The maximum atomic E-state index is 10.1. The van der Waals surface area contributed by atoms with Gasteiger partial charge in [0.1, 0.15) is 0 Å². The normalized spacial score (nSPS) is 9.79. The molecule has 5 heteroatoms. The standard InChI is InChI=1S/C5H9NO.C4H7NO2/c1-3-4(2)5(6)7;1-3(2-6)4(5)7/h3H,1-2H3,(H2,6,7);6H,1-2H2,(H2,5,7)/b4-3+;. The molecule has 0 radical (unpaired) electrons. The monoisotopic (exact) mass is 200 g/mol. The number of primary amides is 2. The molecule has 0 saturated heterocycles. The number of carbonyl (C=O) groups excluding carboxylic acids is 2. The summed E-state index contributed by atoms with van der Waals surface area (Å²) in [6, 6.07) is 0. The van der Waals surface area contributed by atoms with Gasteiger partial charge in [0, 0.05) is 11.1 Å². The Kier molecular flexibility index (Phi) is 8.50. The van der Waals surface area contributed by atoms with Gasteiger partial charge in [0.05, 0.1) is 6.61 Å². The number of hydrogen-bond donors (Lipinski definition) is 3. The van der Waals surface area contributed by atoms with Crippen LogP contribution in [0.3, 0.4) is 0 Å². The van der Waals surface area contributed by atoms with E-state index in [0.29, 0.717) is 5.57 Å². The highest BCUT2D eigenvalue weighted by molar-refractivity contribution is 5.91. The largest absolute Gasteiger partial charge is 0.391 e. The molecule has 0 aliphatic carbocycles. The number of aliphatic hydroxyl groups excluding tert-OH is 1. The second kappa shape index (κ2) is 8.00. The van der Waals surface area contributed by atoms with E-state index in [9.17, 15) is 9.59 Å². The Labute approximate surface area is 83.1 Å². The average molecular weight is 200 g/mol. The van der Waals surface area contributed by atoms with E-state index in [4.69, 9.17) is 10.8 Å². The van der Waals surface area contributed by atoms with Gasteiger partial charge in [-0.3, -0.25) is 9.59 Å². The molecule has 0 aromatic carbocycles. The van der Waals surface area contributed by atoms with Gasteiger partial charge in [-0.25, -0.2) is 0 Å². The van der Waals surface area contributed by atoms with Gasteiger partial charge in [-0.1, -0.05) is 12.7 Å². The molecule has 14 heavy (non-hydrogen) atoms. The van der Waals surface area contributed by atoms with Crippen LogP contribution in [-0.2, 0) is 9.59 Å². The van der Waals surface area contributed by atoms with Crippen LogP contribution in [-0.4, -0.2) is 23.5 Å². The minimum atomic E-state index is -0.650. The van der Waals surface area contributed by atoms with Crippen LogP contribution < -0.4 is 11.5 Å². The van der Waals surface area contributed by atoms with E-state index < -0.39 is 5.91 Å². The Bertz CT molecular complexity index is 257. The highest BCUT2D eigenvalue weighted by Gasteiger charge is 1.94. The Morgan fingerprint density at radius 3 is 1.79 bits per heavy atom. The van der Waals surface area contributed by atoms with Gasteiger partial charge in [-0.2, -0.15) is 0 Å². The average Bonchev–Trinajstić information content (AvgIpc) is 2.15. The van der Waals surface area contributed by atoms with Crippen molar-refractivity contribution in [2.24, 2.45) is 11.5 Å². The zero-order valence-electron chi connectivity index (χ0n) is 8.41. The van der Waals surface area contributed by atoms with Gasteiger partial charge < -0.3 is 16.6 Å². The molecule has 0 atom stereocenters. The molecule has 0 spiro atoms. The van der Waals surface area contributed by atoms with E-state index >= 15 is 0 Å². The van der Waals surface area contributed by atoms with Gasteiger partial charge >= 0.3 is 0 Å². The first kappa shape index (κ1) is 14.9. The summed E-state index contributed by atoms with van der Waals surface area (Å²) in [7, 11) is 0. The van der Waals surface area contributed by atoms with Crippen LogP contribution in [0.25, 0.3) is 0 Å². The number of carbonyl (C=O) groups is 2. The predicted octanol–water partition coefficient (Wildman–Crippen LogP) is -0.542. The zero-order chi connectivity index (χ0) is 11.7. The van der Waals surface area contributed by atoms with Crippen molar-refractivity contribution in [2.75, 3.05) is 6.61 Å². The quantitative estimate of drug-likeness (QED) is 0.532. The number of amides is 2. The second-order valence-corrected chi connectivity index (χ2v) is 2.46. The van der Waals surface area contributed by atoms with Crippen LogP contribution in [0.1, 0.15) is 13.8 Å². The third-order valence-electron chi connectivity index (χ3n) is 1.36. The first-order chi connectivity index (χ1) is 6.36. The lowest BCUT2D eigenvalue weighted by molar-refractivity contribution is -0.115. The molecule has 0 unspecified atom stereocenters. The van der Waals surface area contributed by atoms with Crippen molar-refractivity contribution >= 4 is 11.8 Å². The van der Waals surface area contributed by atoms with Crippen molar-refractivity contribution in [3.63, 3.8) is 0 Å². The smallest absolute Gasteiger partial charge is 0.246 e. The summed E-state index contributed by atoms with van der Waals surface area (Å²) >= 11 is 0. The maximum Gasteiger partial charge on any atom is 0.246 e. The number of allylic oxidation sites excluding steroid dienone is 1. The lowest BCUT2D eigenvalue weighted by Gasteiger charge is -1.88. The van der Waals surface area contributed by atoms with E-state index in [1.807, 2.05) is 0 Å². The topological polar surface area (TPSA) is 106 Å². The minimum absolute atomic E-state index is 0.0417. The number of hydrogen-bond acceptors (Lipinski definition) is 3. The number of aliphatic hydroxyl groups is 1. The Balaban J connectivity index is 0. The van der Waals surface area contributed by atoms with Crippen LogP contribution in [0, 0.1) is 0 Å². The van der Waals surface area contributed by atoms with Gasteiger partial charge in [0.25, 0.3) is 0 Å². The van der Waals surface area contributed by atoms with Crippen LogP contribution in [0.15, 0.2) is 23.8 Å². The van der Waals surface area contributed by atoms with Gasteiger partial charge in [0.15, 0.2) is 0 Å². The predicted molar refractivity (Wildman–Crippen MR) is 54.0 cm³/mol. The van der Waals surface area contributed by atoms with E-state index in [2.05, 4.69) is 12.3 Å². The molecule has 0 saturated carbocycles. The van der Waals surface area contributed by atoms with Crippen molar-refractivity contribution < 1.29 is 14.7 Å².